The van der Waals surface area contributed by atoms with E-state index in [1.54, 1.807) is 24.3 Å². The number of carbonyl (C=O) groups is 1. The first-order valence-electron chi connectivity index (χ1n) is 6.78. The molecule has 1 aliphatic carbocycles. The van der Waals surface area contributed by atoms with Crippen LogP contribution in [0.5, 0.6) is 5.75 Å². The fraction of sp³-hybridized carbons (Fsp3) is 0.333. The van der Waals surface area contributed by atoms with E-state index in [0.717, 1.165) is 18.4 Å². The lowest BCUT2D eigenvalue weighted by atomic mass is 10.2. The number of carbonyl (C=O) groups excluding carboxylic acids is 1. The van der Waals surface area contributed by atoms with Crippen LogP contribution in [0.2, 0.25) is 0 Å². The van der Waals surface area contributed by atoms with Gasteiger partial charge in [0.25, 0.3) is 5.91 Å². The number of aromatic hydroxyl groups is 1. The first kappa shape index (κ1) is 12.7. The van der Waals surface area contributed by atoms with Crippen molar-refractivity contribution < 1.29 is 14.3 Å². The Hall–Kier alpha value is -2.30. The Balaban J connectivity index is 1.72. The summed E-state index contributed by atoms with van der Waals surface area (Å²) in [5, 5.41) is 12.2. The number of aromatic nitrogens is 1. The molecule has 0 aliphatic heterocycles. The zero-order valence-electron chi connectivity index (χ0n) is 11.0. The average Bonchev–Trinajstić information content (AvgIpc) is 3.10. The van der Waals surface area contributed by atoms with Crippen molar-refractivity contribution >= 4 is 5.91 Å². The summed E-state index contributed by atoms with van der Waals surface area (Å²) in [7, 11) is 0. The Morgan fingerprint density at radius 3 is 2.65 bits per heavy atom. The van der Waals surface area contributed by atoms with E-state index in [1.165, 1.54) is 19.1 Å². The second-order valence-corrected chi connectivity index (χ2v) is 5.04. The van der Waals surface area contributed by atoms with Gasteiger partial charge in [-0.05, 0) is 37.1 Å². The number of nitrogens with zero attached hydrogens (tertiary/aromatic N) is 1. The zero-order chi connectivity index (χ0) is 13.9. The zero-order valence-corrected chi connectivity index (χ0v) is 11.0. The molecule has 1 heterocycles. The third-order valence-corrected chi connectivity index (χ3v) is 3.54. The van der Waals surface area contributed by atoms with E-state index in [4.69, 9.17) is 4.42 Å². The average molecular weight is 272 g/mol. The molecule has 20 heavy (non-hydrogen) atoms. The summed E-state index contributed by atoms with van der Waals surface area (Å²) in [6, 6.07) is 6.76. The minimum Gasteiger partial charge on any atom is -0.508 e. The third kappa shape index (κ3) is 2.66. The van der Waals surface area contributed by atoms with Crippen LogP contribution in [-0.4, -0.2) is 22.0 Å². The van der Waals surface area contributed by atoms with Crippen LogP contribution >= 0.6 is 0 Å². The minimum atomic E-state index is -0.189. The van der Waals surface area contributed by atoms with Gasteiger partial charge in [-0.25, -0.2) is 4.98 Å². The molecule has 1 fully saturated rings. The lowest BCUT2D eigenvalue weighted by molar-refractivity contribution is 0.0933. The number of amides is 1. The van der Waals surface area contributed by atoms with Gasteiger partial charge in [0.05, 0.1) is 0 Å². The van der Waals surface area contributed by atoms with E-state index in [1.807, 2.05) is 0 Å². The smallest absolute Gasteiger partial charge is 0.273 e. The first-order valence-corrected chi connectivity index (χ1v) is 6.78. The molecule has 2 N–H and O–H groups in total. The van der Waals surface area contributed by atoms with Crippen LogP contribution in [0.25, 0.3) is 11.5 Å². The van der Waals surface area contributed by atoms with Gasteiger partial charge in [-0.3, -0.25) is 4.79 Å². The van der Waals surface area contributed by atoms with Crippen LogP contribution in [0, 0.1) is 0 Å². The van der Waals surface area contributed by atoms with Gasteiger partial charge >= 0.3 is 0 Å². The van der Waals surface area contributed by atoms with Crippen LogP contribution < -0.4 is 5.32 Å². The van der Waals surface area contributed by atoms with Crippen molar-refractivity contribution in [2.24, 2.45) is 0 Å². The number of oxazole rings is 1. The van der Waals surface area contributed by atoms with Gasteiger partial charge in [-0.2, -0.15) is 0 Å². The summed E-state index contributed by atoms with van der Waals surface area (Å²) in [5.74, 6) is 0.367. The summed E-state index contributed by atoms with van der Waals surface area (Å²) < 4.78 is 5.32. The van der Waals surface area contributed by atoms with Crippen LogP contribution in [0.3, 0.4) is 0 Å². The molecule has 0 unspecified atom stereocenters. The SMILES string of the molecule is O=C(NC1CCCC1)c1coc(-c2ccc(O)cc2)n1. The molecule has 5 heteroatoms. The monoisotopic (exact) mass is 272 g/mol. The molecule has 104 valence electrons. The lowest BCUT2D eigenvalue weighted by Crippen LogP contribution is -2.32. The van der Waals surface area contributed by atoms with Crippen LogP contribution in [-0.2, 0) is 0 Å². The van der Waals surface area contributed by atoms with E-state index in [2.05, 4.69) is 10.3 Å². The highest BCUT2D eigenvalue weighted by Gasteiger charge is 2.20. The Bertz CT molecular complexity index is 598. The second-order valence-electron chi connectivity index (χ2n) is 5.04. The summed E-state index contributed by atoms with van der Waals surface area (Å²) >= 11 is 0. The molecule has 0 spiro atoms. The first-order chi connectivity index (χ1) is 9.72. The normalized spacial score (nSPS) is 15.4. The third-order valence-electron chi connectivity index (χ3n) is 3.54. The van der Waals surface area contributed by atoms with Crippen molar-refractivity contribution in [1.29, 1.82) is 0 Å². The van der Waals surface area contributed by atoms with Gasteiger partial charge in [0.15, 0.2) is 5.69 Å². The summed E-state index contributed by atoms with van der Waals surface area (Å²) in [5.41, 5.74) is 1.02. The minimum absolute atomic E-state index is 0.180. The molecule has 1 aromatic carbocycles. The second kappa shape index (κ2) is 5.36. The molecule has 1 amide bonds. The Kier molecular flexibility index (Phi) is 3.41. The van der Waals surface area contributed by atoms with Crippen molar-refractivity contribution in [3.8, 4) is 17.2 Å². The number of hydrogen-bond acceptors (Lipinski definition) is 4. The molecular formula is C15H16N2O3. The molecule has 0 bridgehead atoms. The van der Waals surface area contributed by atoms with Crippen molar-refractivity contribution in [2.45, 2.75) is 31.7 Å². The topological polar surface area (TPSA) is 75.4 Å². The van der Waals surface area contributed by atoms with Gasteiger partial charge < -0.3 is 14.8 Å². The van der Waals surface area contributed by atoms with Crippen molar-refractivity contribution in [2.75, 3.05) is 0 Å². The Labute approximate surface area is 116 Å². The number of benzene rings is 1. The van der Waals surface area contributed by atoms with E-state index in [0.29, 0.717) is 11.6 Å². The predicted molar refractivity (Wildman–Crippen MR) is 73.3 cm³/mol. The van der Waals surface area contributed by atoms with Gasteiger partial charge in [0.2, 0.25) is 5.89 Å². The van der Waals surface area contributed by atoms with Gasteiger partial charge in [-0.15, -0.1) is 0 Å². The highest BCUT2D eigenvalue weighted by Crippen LogP contribution is 2.22. The van der Waals surface area contributed by atoms with E-state index < -0.39 is 0 Å². The number of nitrogens with one attached hydrogen (secondary N) is 1. The highest BCUT2D eigenvalue weighted by molar-refractivity contribution is 5.92. The Morgan fingerprint density at radius 2 is 1.95 bits per heavy atom. The van der Waals surface area contributed by atoms with Gasteiger partial charge in [0.1, 0.15) is 12.0 Å². The highest BCUT2D eigenvalue weighted by atomic mass is 16.3. The van der Waals surface area contributed by atoms with Crippen LogP contribution in [0.15, 0.2) is 34.9 Å². The maximum absolute atomic E-state index is 12.0. The quantitative estimate of drug-likeness (QED) is 0.900. The summed E-state index contributed by atoms with van der Waals surface area (Å²) in [6.07, 6.45) is 5.78. The summed E-state index contributed by atoms with van der Waals surface area (Å²) in [6.45, 7) is 0. The van der Waals surface area contributed by atoms with Gasteiger partial charge in [0, 0.05) is 11.6 Å². The number of phenols is 1. The van der Waals surface area contributed by atoms with E-state index >= 15 is 0 Å². The molecule has 5 nitrogen and oxygen atoms in total. The molecule has 1 saturated carbocycles. The van der Waals surface area contributed by atoms with Crippen LogP contribution in [0.4, 0.5) is 0 Å². The number of phenolic OH excluding ortho intramolecular Hbond substituents is 1. The molecule has 2 aromatic rings. The van der Waals surface area contributed by atoms with E-state index in [9.17, 15) is 9.90 Å². The fourth-order valence-electron chi connectivity index (χ4n) is 2.44. The molecule has 0 atom stereocenters. The molecule has 1 aromatic heterocycles. The molecular weight excluding hydrogens is 256 g/mol. The largest absolute Gasteiger partial charge is 0.508 e. The molecule has 0 saturated heterocycles. The lowest BCUT2D eigenvalue weighted by Gasteiger charge is -2.09. The number of hydrogen-bond donors (Lipinski definition) is 2. The Morgan fingerprint density at radius 1 is 1.25 bits per heavy atom. The molecule has 1 aliphatic rings. The predicted octanol–water partition coefficient (Wildman–Crippen LogP) is 2.72. The standard InChI is InChI=1S/C15H16N2O3/c18-12-7-5-10(6-8-12)15-17-13(9-20-15)14(19)16-11-3-1-2-4-11/h5-9,11,18H,1-4H2,(H,16,19). The van der Waals surface area contributed by atoms with Crippen molar-refractivity contribution in [3.63, 3.8) is 0 Å². The van der Waals surface area contributed by atoms with Crippen molar-refractivity contribution in [1.82, 2.24) is 10.3 Å². The van der Waals surface area contributed by atoms with Crippen LogP contribution in [0.1, 0.15) is 36.2 Å². The maximum atomic E-state index is 12.0. The van der Waals surface area contributed by atoms with Gasteiger partial charge in [-0.1, -0.05) is 12.8 Å². The summed E-state index contributed by atoms with van der Waals surface area (Å²) in [4.78, 5) is 16.2. The molecule has 3 rings (SSSR count). The van der Waals surface area contributed by atoms with Crippen molar-refractivity contribution in [3.05, 3.63) is 36.2 Å². The maximum Gasteiger partial charge on any atom is 0.273 e. The molecule has 0 radical (unpaired) electrons. The van der Waals surface area contributed by atoms with E-state index in [-0.39, 0.29) is 17.7 Å². The number of rotatable bonds is 3. The fourth-order valence-corrected chi connectivity index (χ4v) is 2.44.